The van der Waals surface area contributed by atoms with Crippen molar-refractivity contribution in [2.45, 2.75) is 43.9 Å². The van der Waals surface area contributed by atoms with Crippen LogP contribution >= 0.6 is 11.6 Å². The second-order valence-corrected chi connectivity index (χ2v) is 9.86. The zero-order valence-corrected chi connectivity index (χ0v) is 18.2. The molecule has 3 rings (SSSR count). The number of benzene rings is 1. The highest BCUT2D eigenvalue weighted by atomic mass is 35.5. The van der Waals surface area contributed by atoms with E-state index in [1.807, 2.05) is 0 Å². The number of rotatable bonds is 8. The van der Waals surface area contributed by atoms with Crippen molar-refractivity contribution in [3.63, 3.8) is 0 Å². The predicted molar refractivity (Wildman–Crippen MR) is 109 cm³/mol. The first-order valence-corrected chi connectivity index (χ1v) is 11.9. The van der Waals surface area contributed by atoms with E-state index in [0.29, 0.717) is 25.6 Å². The molecule has 160 valence electrons. The summed E-state index contributed by atoms with van der Waals surface area (Å²) in [5.74, 6) is -0.495. The van der Waals surface area contributed by atoms with Crippen molar-refractivity contribution in [3.05, 3.63) is 28.8 Å². The van der Waals surface area contributed by atoms with Crippen molar-refractivity contribution in [2.75, 3.05) is 32.8 Å². The van der Waals surface area contributed by atoms with Crippen LogP contribution in [0.3, 0.4) is 0 Å². The predicted octanol–water partition coefficient (Wildman–Crippen LogP) is 2.93. The van der Waals surface area contributed by atoms with E-state index in [1.54, 1.807) is 6.92 Å². The number of esters is 1. The van der Waals surface area contributed by atoms with Gasteiger partial charge in [0.25, 0.3) is 5.91 Å². The van der Waals surface area contributed by atoms with Crippen LogP contribution in [0.1, 0.15) is 49.4 Å². The van der Waals surface area contributed by atoms with Gasteiger partial charge < -0.3 is 9.64 Å². The zero-order chi connectivity index (χ0) is 21.0. The highest BCUT2D eigenvalue weighted by Crippen LogP contribution is 2.31. The highest BCUT2D eigenvalue weighted by molar-refractivity contribution is 7.89. The molecule has 0 N–H and O–H groups in total. The smallest absolute Gasteiger partial charge is 0.325 e. The minimum atomic E-state index is -3.78. The standard InChI is InChI=1S/C20H27ClN2O5S/c1-2-28-19(24)14-22(13-15-6-7-15)20(25)16-8-9-17(21)18(12-16)29(26,27)23-10-4-3-5-11-23/h8-9,12,15H,2-7,10-11,13-14H2,1H3. The van der Waals surface area contributed by atoms with Crippen LogP contribution in [-0.2, 0) is 19.6 Å². The van der Waals surface area contributed by atoms with Crippen LogP contribution in [0.5, 0.6) is 0 Å². The summed E-state index contributed by atoms with van der Waals surface area (Å²) >= 11 is 6.20. The molecule has 1 saturated heterocycles. The molecule has 0 radical (unpaired) electrons. The Labute approximate surface area is 177 Å². The van der Waals surface area contributed by atoms with E-state index >= 15 is 0 Å². The molecule has 2 aliphatic rings. The number of carbonyl (C=O) groups excluding carboxylic acids is 2. The third-order valence-corrected chi connectivity index (χ3v) is 7.58. The molecule has 2 fully saturated rings. The molecule has 9 heteroatoms. The number of sulfonamides is 1. The largest absolute Gasteiger partial charge is 0.465 e. The van der Waals surface area contributed by atoms with E-state index in [-0.39, 0.29) is 28.6 Å². The summed E-state index contributed by atoms with van der Waals surface area (Å²) in [6.45, 7) is 3.15. The Balaban J connectivity index is 1.85. The Hall–Kier alpha value is -1.64. The van der Waals surface area contributed by atoms with Crippen molar-refractivity contribution >= 4 is 33.5 Å². The number of piperidine rings is 1. The topological polar surface area (TPSA) is 84.0 Å². The van der Waals surface area contributed by atoms with Gasteiger partial charge >= 0.3 is 5.97 Å². The molecule has 0 atom stereocenters. The molecule has 0 unspecified atom stereocenters. The Morgan fingerprint density at radius 2 is 1.90 bits per heavy atom. The van der Waals surface area contributed by atoms with Crippen LogP contribution in [0, 0.1) is 5.92 Å². The van der Waals surface area contributed by atoms with E-state index in [4.69, 9.17) is 16.3 Å². The molecule has 0 spiro atoms. The summed E-state index contributed by atoms with van der Waals surface area (Å²) in [7, 11) is -3.78. The minimum Gasteiger partial charge on any atom is -0.465 e. The van der Waals surface area contributed by atoms with Crippen molar-refractivity contribution in [3.8, 4) is 0 Å². The van der Waals surface area contributed by atoms with Crippen LogP contribution in [0.25, 0.3) is 0 Å². The summed E-state index contributed by atoms with van der Waals surface area (Å²) in [5, 5.41) is 0.0891. The fraction of sp³-hybridized carbons (Fsp3) is 0.600. The summed E-state index contributed by atoms with van der Waals surface area (Å²) < 4.78 is 32.5. The molecule has 1 amide bonds. The van der Waals surface area contributed by atoms with Gasteiger partial charge in [0.2, 0.25) is 10.0 Å². The van der Waals surface area contributed by atoms with Crippen molar-refractivity contribution in [2.24, 2.45) is 5.92 Å². The summed E-state index contributed by atoms with van der Waals surface area (Å²) in [6, 6.07) is 4.27. The van der Waals surface area contributed by atoms with E-state index in [2.05, 4.69) is 0 Å². The lowest BCUT2D eigenvalue weighted by Gasteiger charge is -2.27. The van der Waals surface area contributed by atoms with Crippen molar-refractivity contribution < 1.29 is 22.7 Å². The van der Waals surface area contributed by atoms with Crippen LogP contribution in [0.2, 0.25) is 5.02 Å². The van der Waals surface area contributed by atoms with E-state index in [9.17, 15) is 18.0 Å². The Morgan fingerprint density at radius 1 is 1.21 bits per heavy atom. The monoisotopic (exact) mass is 442 g/mol. The van der Waals surface area contributed by atoms with E-state index in [0.717, 1.165) is 32.1 Å². The first kappa shape index (κ1) is 22.1. The number of amides is 1. The van der Waals surface area contributed by atoms with Crippen molar-refractivity contribution in [1.82, 2.24) is 9.21 Å². The maximum Gasteiger partial charge on any atom is 0.325 e. The van der Waals surface area contributed by atoms with Gasteiger partial charge in [-0.05, 0) is 56.7 Å². The first-order valence-electron chi connectivity index (χ1n) is 10.1. The molecule has 1 aromatic carbocycles. The third-order valence-electron chi connectivity index (χ3n) is 5.20. The number of nitrogens with zero attached hydrogens (tertiary/aromatic N) is 2. The molecule has 29 heavy (non-hydrogen) atoms. The SMILES string of the molecule is CCOC(=O)CN(CC1CC1)C(=O)c1ccc(Cl)c(S(=O)(=O)N2CCCCC2)c1. The zero-order valence-electron chi connectivity index (χ0n) is 16.6. The first-order chi connectivity index (χ1) is 13.8. The number of hydrogen-bond acceptors (Lipinski definition) is 5. The van der Waals surface area contributed by atoms with E-state index in [1.165, 1.54) is 27.4 Å². The van der Waals surface area contributed by atoms with Gasteiger partial charge in [0.15, 0.2) is 0 Å². The molecule has 1 saturated carbocycles. The summed E-state index contributed by atoms with van der Waals surface area (Å²) in [6.07, 6.45) is 4.65. The molecule has 0 aromatic heterocycles. The van der Waals surface area contributed by atoms with Crippen molar-refractivity contribution in [1.29, 1.82) is 0 Å². The van der Waals surface area contributed by atoms with Gasteiger partial charge in [0.1, 0.15) is 11.4 Å². The second kappa shape index (κ2) is 9.45. The average Bonchev–Trinajstić information content (AvgIpc) is 3.52. The van der Waals surface area contributed by atoms with Gasteiger partial charge in [-0.25, -0.2) is 8.42 Å². The van der Waals surface area contributed by atoms with Crippen LogP contribution in [0.15, 0.2) is 23.1 Å². The lowest BCUT2D eigenvalue weighted by molar-refractivity contribution is -0.143. The van der Waals surface area contributed by atoms with Crippen LogP contribution < -0.4 is 0 Å². The number of halogens is 1. The fourth-order valence-electron chi connectivity index (χ4n) is 3.45. The summed E-state index contributed by atoms with van der Waals surface area (Å²) in [5.41, 5.74) is 0.204. The summed E-state index contributed by atoms with van der Waals surface area (Å²) in [4.78, 5) is 26.4. The Morgan fingerprint density at radius 3 is 2.52 bits per heavy atom. The van der Waals surface area contributed by atoms with Gasteiger partial charge in [-0.1, -0.05) is 18.0 Å². The molecule has 1 heterocycles. The minimum absolute atomic E-state index is 0.0607. The van der Waals surface area contributed by atoms with E-state index < -0.39 is 21.9 Å². The van der Waals surface area contributed by atoms with Gasteiger partial charge in [-0.3, -0.25) is 9.59 Å². The molecule has 0 bridgehead atoms. The normalized spacial score (nSPS) is 17.7. The van der Waals surface area contributed by atoms with Gasteiger partial charge in [0, 0.05) is 25.2 Å². The molecule has 1 aromatic rings. The lowest BCUT2D eigenvalue weighted by Crippen LogP contribution is -2.38. The lowest BCUT2D eigenvalue weighted by atomic mass is 10.2. The molecular formula is C20H27ClN2O5S. The maximum absolute atomic E-state index is 13.1. The second-order valence-electron chi connectivity index (χ2n) is 7.54. The highest BCUT2D eigenvalue weighted by Gasteiger charge is 2.31. The van der Waals surface area contributed by atoms with Gasteiger partial charge in [-0.2, -0.15) is 4.31 Å². The quantitative estimate of drug-likeness (QED) is 0.578. The number of hydrogen-bond donors (Lipinski definition) is 0. The Bertz CT molecular complexity index is 864. The number of ether oxygens (including phenoxy) is 1. The molecule has 1 aliphatic heterocycles. The molecule has 1 aliphatic carbocycles. The fourth-order valence-corrected chi connectivity index (χ4v) is 5.47. The molecule has 7 nitrogen and oxygen atoms in total. The van der Waals surface area contributed by atoms with Gasteiger partial charge in [-0.15, -0.1) is 0 Å². The Kier molecular flexibility index (Phi) is 7.19. The van der Waals surface area contributed by atoms with Crippen LogP contribution in [-0.4, -0.2) is 62.3 Å². The van der Waals surface area contributed by atoms with Crippen LogP contribution in [0.4, 0.5) is 0 Å². The van der Waals surface area contributed by atoms with Gasteiger partial charge in [0.05, 0.1) is 11.6 Å². The molecular weight excluding hydrogens is 416 g/mol. The maximum atomic E-state index is 13.1. The average molecular weight is 443 g/mol. The number of carbonyl (C=O) groups is 2. The third kappa shape index (κ3) is 5.49.